The lowest BCUT2D eigenvalue weighted by molar-refractivity contribution is 0.104. The molecule has 0 aliphatic rings. The van der Waals surface area contributed by atoms with Crippen molar-refractivity contribution in [3.63, 3.8) is 0 Å². The van der Waals surface area contributed by atoms with Crippen LogP contribution in [0.25, 0.3) is 0 Å². The van der Waals surface area contributed by atoms with Crippen LogP contribution in [0, 0.1) is 0 Å². The molecule has 0 aliphatic carbocycles. The van der Waals surface area contributed by atoms with Gasteiger partial charge in [0.1, 0.15) is 5.75 Å². The van der Waals surface area contributed by atoms with Crippen LogP contribution in [-0.4, -0.2) is 12.4 Å². The lowest BCUT2D eigenvalue weighted by Gasteiger charge is -2.05. The molecule has 2 aromatic rings. The Hall–Kier alpha value is -2.07. The van der Waals surface area contributed by atoms with Gasteiger partial charge in [-0.1, -0.05) is 22.9 Å². The maximum atomic E-state index is 12.0. The number of halogens is 1. The zero-order valence-corrected chi connectivity index (χ0v) is 14.0. The van der Waals surface area contributed by atoms with Crippen molar-refractivity contribution < 1.29 is 9.53 Å². The molecule has 0 heterocycles. The predicted octanol–water partition coefficient (Wildman–Crippen LogP) is 5.05. The Morgan fingerprint density at radius 1 is 1.14 bits per heavy atom. The van der Waals surface area contributed by atoms with Gasteiger partial charge >= 0.3 is 0 Å². The molecule has 4 heteroatoms. The molecule has 1 N–H and O–H groups in total. The first-order chi connectivity index (χ1) is 10.7. The lowest BCUT2D eigenvalue weighted by atomic mass is 10.1. The molecule has 0 radical (unpaired) electrons. The van der Waals surface area contributed by atoms with Crippen molar-refractivity contribution in [1.29, 1.82) is 0 Å². The van der Waals surface area contributed by atoms with Crippen molar-refractivity contribution in [3.8, 4) is 5.75 Å². The van der Waals surface area contributed by atoms with Crippen LogP contribution < -0.4 is 10.1 Å². The Labute approximate surface area is 139 Å². The van der Waals surface area contributed by atoms with E-state index >= 15 is 0 Å². The molecule has 0 atom stereocenters. The van der Waals surface area contributed by atoms with Crippen LogP contribution in [0.3, 0.4) is 0 Å². The van der Waals surface area contributed by atoms with E-state index in [2.05, 4.69) is 28.2 Å². The molecule has 0 fully saturated rings. The summed E-state index contributed by atoms with van der Waals surface area (Å²) in [5.41, 5.74) is 1.56. The van der Waals surface area contributed by atoms with E-state index in [4.69, 9.17) is 4.74 Å². The van der Waals surface area contributed by atoms with Crippen LogP contribution in [0.2, 0.25) is 0 Å². The molecule has 0 saturated heterocycles. The highest BCUT2D eigenvalue weighted by molar-refractivity contribution is 9.10. The highest BCUT2D eigenvalue weighted by atomic mass is 79.9. The number of hydrogen-bond donors (Lipinski definition) is 1. The molecule has 0 bridgehead atoms. The summed E-state index contributed by atoms with van der Waals surface area (Å²) in [5.74, 6) is 0.810. The number of ether oxygens (including phenoxy) is 1. The lowest BCUT2D eigenvalue weighted by Crippen LogP contribution is -1.97. The van der Waals surface area contributed by atoms with Gasteiger partial charge in [0.25, 0.3) is 0 Å². The van der Waals surface area contributed by atoms with E-state index in [-0.39, 0.29) is 5.78 Å². The third-order valence-electron chi connectivity index (χ3n) is 2.94. The second kappa shape index (κ2) is 8.39. The van der Waals surface area contributed by atoms with Crippen LogP contribution in [0.4, 0.5) is 5.69 Å². The van der Waals surface area contributed by atoms with Crippen LogP contribution in [0.1, 0.15) is 23.7 Å². The van der Waals surface area contributed by atoms with E-state index in [9.17, 15) is 4.79 Å². The van der Waals surface area contributed by atoms with Gasteiger partial charge in [-0.2, -0.15) is 0 Å². The SMILES string of the molecule is CCCOc1ccc(NC=CC(=O)c2ccc(Br)cc2)cc1. The van der Waals surface area contributed by atoms with E-state index in [0.717, 1.165) is 22.3 Å². The molecule has 0 unspecified atom stereocenters. The second-order valence-corrected chi connectivity index (χ2v) is 5.64. The Morgan fingerprint density at radius 2 is 1.82 bits per heavy atom. The third kappa shape index (κ3) is 5.04. The van der Waals surface area contributed by atoms with Gasteiger partial charge in [0.05, 0.1) is 6.61 Å². The van der Waals surface area contributed by atoms with Crippen molar-refractivity contribution in [2.24, 2.45) is 0 Å². The first kappa shape index (κ1) is 16.3. The predicted molar refractivity (Wildman–Crippen MR) is 93.5 cm³/mol. The summed E-state index contributed by atoms with van der Waals surface area (Å²) in [6.45, 7) is 2.79. The van der Waals surface area contributed by atoms with Crippen LogP contribution >= 0.6 is 15.9 Å². The molecule has 3 nitrogen and oxygen atoms in total. The molecule has 114 valence electrons. The van der Waals surface area contributed by atoms with Crippen molar-refractivity contribution in [2.75, 3.05) is 11.9 Å². The van der Waals surface area contributed by atoms with Gasteiger partial charge in [-0.25, -0.2) is 0 Å². The summed E-state index contributed by atoms with van der Waals surface area (Å²) in [6.07, 6.45) is 4.15. The summed E-state index contributed by atoms with van der Waals surface area (Å²) in [4.78, 5) is 12.0. The number of hydrogen-bond acceptors (Lipinski definition) is 3. The first-order valence-corrected chi connectivity index (χ1v) is 7.94. The van der Waals surface area contributed by atoms with Crippen molar-refractivity contribution >= 4 is 27.4 Å². The Balaban J connectivity index is 1.88. The van der Waals surface area contributed by atoms with Crippen molar-refractivity contribution in [3.05, 3.63) is 70.8 Å². The van der Waals surface area contributed by atoms with E-state index in [0.29, 0.717) is 12.2 Å². The van der Waals surface area contributed by atoms with Gasteiger partial charge < -0.3 is 10.1 Å². The minimum atomic E-state index is -0.0390. The zero-order valence-electron chi connectivity index (χ0n) is 12.4. The number of carbonyl (C=O) groups excluding carboxylic acids is 1. The molecule has 2 aromatic carbocycles. The minimum Gasteiger partial charge on any atom is -0.494 e. The van der Waals surface area contributed by atoms with Gasteiger partial charge in [0.15, 0.2) is 5.78 Å². The molecular formula is C18H18BrNO2. The molecule has 0 aliphatic heterocycles. The maximum absolute atomic E-state index is 12.0. The number of nitrogens with one attached hydrogen (secondary N) is 1. The molecule has 0 aromatic heterocycles. The average Bonchev–Trinajstić information content (AvgIpc) is 2.54. The number of allylic oxidation sites excluding steroid dienone is 1. The quantitative estimate of drug-likeness (QED) is 0.555. The molecule has 22 heavy (non-hydrogen) atoms. The van der Waals surface area contributed by atoms with E-state index in [1.807, 2.05) is 36.4 Å². The molecule has 0 saturated carbocycles. The highest BCUT2D eigenvalue weighted by Gasteiger charge is 2.00. The second-order valence-electron chi connectivity index (χ2n) is 4.72. The van der Waals surface area contributed by atoms with E-state index in [1.54, 1.807) is 18.3 Å². The number of benzene rings is 2. The number of ketones is 1. The summed E-state index contributed by atoms with van der Waals surface area (Å²) < 4.78 is 6.47. The summed E-state index contributed by atoms with van der Waals surface area (Å²) >= 11 is 3.35. The first-order valence-electron chi connectivity index (χ1n) is 7.15. The zero-order chi connectivity index (χ0) is 15.8. The summed E-state index contributed by atoms with van der Waals surface area (Å²) in [7, 11) is 0. The molecule has 2 rings (SSSR count). The highest BCUT2D eigenvalue weighted by Crippen LogP contribution is 2.16. The average molecular weight is 360 g/mol. The Bertz CT molecular complexity index is 633. The molecule has 0 amide bonds. The maximum Gasteiger partial charge on any atom is 0.187 e. The van der Waals surface area contributed by atoms with Crippen LogP contribution in [0.5, 0.6) is 5.75 Å². The van der Waals surface area contributed by atoms with E-state index < -0.39 is 0 Å². The normalized spacial score (nSPS) is 10.6. The van der Waals surface area contributed by atoms with Crippen LogP contribution in [0.15, 0.2) is 65.3 Å². The Morgan fingerprint density at radius 3 is 2.45 bits per heavy atom. The summed E-state index contributed by atoms with van der Waals surface area (Å²) in [6, 6.07) is 14.9. The van der Waals surface area contributed by atoms with Gasteiger partial charge in [-0.05, 0) is 55.0 Å². The fourth-order valence-electron chi connectivity index (χ4n) is 1.79. The fraction of sp³-hybridized carbons (Fsp3) is 0.167. The van der Waals surface area contributed by atoms with Crippen molar-refractivity contribution in [1.82, 2.24) is 0 Å². The number of rotatable bonds is 7. The van der Waals surface area contributed by atoms with Gasteiger partial charge in [-0.3, -0.25) is 4.79 Å². The third-order valence-corrected chi connectivity index (χ3v) is 3.47. The fourth-order valence-corrected chi connectivity index (χ4v) is 2.06. The van der Waals surface area contributed by atoms with Gasteiger partial charge in [0, 0.05) is 28.0 Å². The van der Waals surface area contributed by atoms with Crippen molar-refractivity contribution in [2.45, 2.75) is 13.3 Å². The van der Waals surface area contributed by atoms with E-state index in [1.165, 1.54) is 6.08 Å². The van der Waals surface area contributed by atoms with Gasteiger partial charge in [0.2, 0.25) is 0 Å². The smallest absolute Gasteiger partial charge is 0.187 e. The molecular weight excluding hydrogens is 342 g/mol. The number of anilines is 1. The van der Waals surface area contributed by atoms with Gasteiger partial charge in [-0.15, -0.1) is 0 Å². The number of carbonyl (C=O) groups is 1. The largest absolute Gasteiger partial charge is 0.494 e. The topological polar surface area (TPSA) is 38.3 Å². The van der Waals surface area contributed by atoms with Crippen LogP contribution in [-0.2, 0) is 0 Å². The standard InChI is InChI=1S/C18H18BrNO2/c1-2-13-22-17-9-7-16(8-10-17)20-12-11-18(21)14-3-5-15(19)6-4-14/h3-12,20H,2,13H2,1H3. The molecule has 0 spiro atoms. The monoisotopic (exact) mass is 359 g/mol. The minimum absolute atomic E-state index is 0.0390. The summed E-state index contributed by atoms with van der Waals surface area (Å²) in [5, 5.41) is 3.07. The Kier molecular flexibility index (Phi) is 6.22.